The third-order valence-electron chi connectivity index (χ3n) is 3.21. The Morgan fingerprint density at radius 2 is 1.92 bits per heavy atom. The second kappa shape index (κ2) is 3.00. The zero-order valence-electron chi connectivity index (χ0n) is 7.21. The number of ketones is 2. The van der Waals surface area contributed by atoms with Crippen molar-refractivity contribution in [1.29, 1.82) is 0 Å². The van der Waals surface area contributed by atoms with Crippen LogP contribution in [0.3, 0.4) is 0 Å². The van der Waals surface area contributed by atoms with Crippen molar-refractivity contribution >= 4 is 11.6 Å². The Balaban J connectivity index is 2.15. The minimum Gasteiger partial charge on any atom is -0.300 e. The SMILES string of the molecule is O=C1CCC(=O)C2CCCC2C1. The highest BCUT2D eigenvalue weighted by Gasteiger charge is 2.35. The first-order chi connectivity index (χ1) is 5.77. The van der Waals surface area contributed by atoms with E-state index in [1.165, 1.54) is 0 Å². The van der Waals surface area contributed by atoms with Crippen LogP contribution in [0.2, 0.25) is 0 Å². The van der Waals surface area contributed by atoms with Crippen molar-refractivity contribution in [3.63, 3.8) is 0 Å². The van der Waals surface area contributed by atoms with Gasteiger partial charge in [0.05, 0.1) is 0 Å². The lowest BCUT2D eigenvalue weighted by atomic mass is 9.91. The van der Waals surface area contributed by atoms with E-state index in [1.54, 1.807) is 0 Å². The Hall–Kier alpha value is -0.660. The molecule has 0 saturated heterocycles. The van der Waals surface area contributed by atoms with Crippen LogP contribution in [0.4, 0.5) is 0 Å². The van der Waals surface area contributed by atoms with E-state index < -0.39 is 0 Å². The fraction of sp³-hybridized carbons (Fsp3) is 0.800. The zero-order chi connectivity index (χ0) is 8.55. The maximum Gasteiger partial charge on any atom is 0.136 e. The fourth-order valence-corrected chi connectivity index (χ4v) is 2.55. The van der Waals surface area contributed by atoms with Gasteiger partial charge in [0, 0.05) is 25.2 Å². The summed E-state index contributed by atoms with van der Waals surface area (Å²) in [6.07, 6.45) is 4.98. The molecule has 0 heterocycles. The average Bonchev–Trinajstić information content (AvgIpc) is 2.44. The summed E-state index contributed by atoms with van der Waals surface area (Å²) in [5.74, 6) is 1.31. The van der Waals surface area contributed by atoms with E-state index in [4.69, 9.17) is 0 Å². The molecule has 2 aliphatic rings. The smallest absolute Gasteiger partial charge is 0.136 e. The first-order valence-electron chi connectivity index (χ1n) is 4.82. The summed E-state index contributed by atoms with van der Waals surface area (Å²) < 4.78 is 0. The molecule has 2 unspecified atom stereocenters. The summed E-state index contributed by atoms with van der Waals surface area (Å²) >= 11 is 0. The van der Waals surface area contributed by atoms with Gasteiger partial charge in [-0.05, 0) is 18.8 Å². The van der Waals surface area contributed by atoms with Gasteiger partial charge in [-0.1, -0.05) is 6.42 Å². The summed E-state index contributed by atoms with van der Waals surface area (Å²) in [6, 6.07) is 0. The number of hydrogen-bond donors (Lipinski definition) is 0. The van der Waals surface area contributed by atoms with Gasteiger partial charge in [-0.25, -0.2) is 0 Å². The molecule has 2 atom stereocenters. The molecular formula is C10H14O2. The summed E-state index contributed by atoms with van der Waals surface area (Å²) in [5.41, 5.74) is 0. The Labute approximate surface area is 72.3 Å². The fourth-order valence-electron chi connectivity index (χ4n) is 2.55. The molecule has 0 aromatic rings. The van der Waals surface area contributed by atoms with Gasteiger partial charge >= 0.3 is 0 Å². The van der Waals surface area contributed by atoms with E-state index in [2.05, 4.69) is 0 Å². The van der Waals surface area contributed by atoms with Crippen LogP contribution in [0.5, 0.6) is 0 Å². The van der Waals surface area contributed by atoms with Crippen LogP contribution in [-0.4, -0.2) is 11.6 Å². The maximum absolute atomic E-state index is 11.5. The van der Waals surface area contributed by atoms with E-state index >= 15 is 0 Å². The molecule has 0 spiro atoms. The molecule has 0 aromatic carbocycles. The molecule has 0 bridgehead atoms. The van der Waals surface area contributed by atoms with Crippen LogP contribution >= 0.6 is 0 Å². The lowest BCUT2D eigenvalue weighted by Gasteiger charge is -2.12. The first-order valence-corrected chi connectivity index (χ1v) is 4.82. The number of Topliss-reactive ketones (excluding diaryl/α,β-unsaturated/α-hetero) is 2. The van der Waals surface area contributed by atoms with Gasteiger partial charge in [-0.3, -0.25) is 9.59 Å². The van der Waals surface area contributed by atoms with E-state index in [0.717, 1.165) is 19.3 Å². The van der Waals surface area contributed by atoms with Gasteiger partial charge in [0.2, 0.25) is 0 Å². The van der Waals surface area contributed by atoms with Crippen molar-refractivity contribution in [3.8, 4) is 0 Å². The van der Waals surface area contributed by atoms with E-state index in [-0.39, 0.29) is 5.92 Å². The molecular weight excluding hydrogens is 152 g/mol. The maximum atomic E-state index is 11.5. The Morgan fingerprint density at radius 1 is 1.08 bits per heavy atom. The molecule has 2 saturated carbocycles. The second-order valence-corrected chi connectivity index (χ2v) is 4.01. The molecule has 0 N–H and O–H groups in total. The monoisotopic (exact) mass is 166 g/mol. The van der Waals surface area contributed by atoms with Crippen LogP contribution in [-0.2, 0) is 9.59 Å². The molecule has 0 amide bonds. The van der Waals surface area contributed by atoms with Gasteiger partial charge in [0.25, 0.3) is 0 Å². The lowest BCUT2D eigenvalue weighted by molar-refractivity contribution is -0.124. The number of carbonyl (C=O) groups excluding carboxylic acids is 2. The van der Waals surface area contributed by atoms with Gasteiger partial charge < -0.3 is 0 Å². The number of fused-ring (bicyclic) bond motifs is 1. The summed E-state index contributed by atoms with van der Waals surface area (Å²) in [5, 5.41) is 0. The summed E-state index contributed by atoms with van der Waals surface area (Å²) in [4.78, 5) is 22.7. The highest BCUT2D eigenvalue weighted by Crippen LogP contribution is 2.37. The number of hydrogen-bond acceptors (Lipinski definition) is 2. The molecule has 0 aliphatic heterocycles. The minimum atomic E-state index is 0.247. The van der Waals surface area contributed by atoms with E-state index in [1.807, 2.05) is 0 Å². The molecule has 12 heavy (non-hydrogen) atoms. The topological polar surface area (TPSA) is 34.1 Å². The first kappa shape index (κ1) is 7.96. The van der Waals surface area contributed by atoms with Gasteiger partial charge in [0.1, 0.15) is 11.6 Å². The van der Waals surface area contributed by atoms with E-state index in [9.17, 15) is 9.59 Å². The van der Waals surface area contributed by atoms with Crippen molar-refractivity contribution in [2.75, 3.05) is 0 Å². The number of carbonyl (C=O) groups is 2. The molecule has 66 valence electrons. The van der Waals surface area contributed by atoms with Crippen molar-refractivity contribution in [2.45, 2.75) is 38.5 Å². The summed E-state index contributed by atoms with van der Waals surface area (Å²) in [7, 11) is 0. The van der Waals surface area contributed by atoms with Crippen molar-refractivity contribution in [3.05, 3.63) is 0 Å². The predicted octanol–water partition coefficient (Wildman–Crippen LogP) is 1.72. The van der Waals surface area contributed by atoms with Crippen molar-refractivity contribution in [1.82, 2.24) is 0 Å². The number of rotatable bonds is 0. The van der Waals surface area contributed by atoms with Crippen molar-refractivity contribution in [2.24, 2.45) is 11.8 Å². The highest BCUT2D eigenvalue weighted by molar-refractivity contribution is 5.90. The highest BCUT2D eigenvalue weighted by atomic mass is 16.1. The van der Waals surface area contributed by atoms with Crippen LogP contribution in [0.15, 0.2) is 0 Å². The minimum absolute atomic E-state index is 0.247. The largest absolute Gasteiger partial charge is 0.300 e. The molecule has 2 fully saturated rings. The van der Waals surface area contributed by atoms with Crippen LogP contribution in [0.25, 0.3) is 0 Å². The zero-order valence-corrected chi connectivity index (χ0v) is 7.21. The third kappa shape index (κ3) is 1.30. The molecule has 0 radical (unpaired) electrons. The van der Waals surface area contributed by atoms with Crippen LogP contribution < -0.4 is 0 Å². The van der Waals surface area contributed by atoms with Crippen LogP contribution in [0.1, 0.15) is 38.5 Å². The molecule has 2 nitrogen and oxygen atoms in total. The van der Waals surface area contributed by atoms with E-state index in [0.29, 0.717) is 36.7 Å². The molecule has 0 aromatic heterocycles. The quantitative estimate of drug-likeness (QED) is 0.549. The Kier molecular flexibility index (Phi) is 1.99. The summed E-state index contributed by atoms with van der Waals surface area (Å²) in [6.45, 7) is 0. The predicted molar refractivity (Wildman–Crippen MR) is 44.7 cm³/mol. The Morgan fingerprint density at radius 3 is 2.75 bits per heavy atom. The van der Waals surface area contributed by atoms with Crippen molar-refractivity contribution < 1.29 is 9.59 Å². The lowest BCUT2D eigenvalue weighted by Crippen LogP contribution is -2.16. The molecule has 2 aliphatic carbocycles. The average molecular weight is 166 g/mol. The molecule has 2 rings (SSSR count). The van der Waals surface area contributed by atoms with Gasteiger partial charge in [-0.15, -0.1) is 0 Å². The van der Waals surface area contributed by atoms with Gasteiger partial charge in [-0.2, -0.15) is 0 Å². The molecule has 2 heteroatoms. The third-order valence-corrected chi connectivity index (χ3v) is 3.21. The second-order valence-electron chi connectivity index (χ2n) is 4.01. The normalized spacial score (nSPS) is 36.3. The Bertz CT molecular complexity index is 220. The standard InChI is InChI=1S/C10H14O2/c11-8-4-5-10(12)9-3-1-2-7(9)6-8/h7,9H,1-6H2. The van der Waals surface area contributed by atoms with Crippen LogP contribution in [0, 0.1) is 11.8 Å². The van der Waals surface area contributed by atoms with Gasteiger partial charge in [0.15, 0.2) is 0 Å².